The van der Waals surface area contributed by atoms with Crippen molar-refractivity contribution < 1.29 is 9.13 Å². The summed E-state index contributed by atoms with van der Waals surface area (Å²) >= 11 is 0. The van der Waals surface area contributed by atoms with E-state index in [1.54, 1.807) is 19.1 Å². The molecule has 0 radical (unpaired) electrons. The van der Waals surface area contributed by atoms with E-state index in [2.05, 4.69) is 5.32 Å². The molecule has 1 aromatic rings. The Morgan fingerprint density at radius 3 is 2.88 bits per heavy atom. The van der Waals surface area contributed by atoms with Gasteiger partial charge < -0.3 is 10.1 Å². The summed E-state index contributed by atoms with van der Waals surface area (Å²) in [5, 5.41) is 3.22. The molecule has 3 heteroatoms. The van der Waals surface area contributed by atoms with Gasteiger partial charge in [-0.05, 0) is 44.4 Å². The van der Waals surface area contributed by atoms with Crippen LogP contribution in [0.1, 0.15) is 18.4 Å². The van der Waals surface area contributed by atoms with Crippen LogP contribution in [0.25, 0.3) is 0 Å². The molecule has 1 aromatic carbocycles. The van der Waals surface area contributed by atoms with Crippen LogP contribution in [0.5, 0.6) is 5.75 Å². The van der Waals surface area contributed by atoms with E-state index in [9.17, 15) is 4.39 Å². The number of hydrogen-bond donors (Lipinski definition) is 1. The van der Waals surface area contributed by atoms with Crippen molar-refractivity contribution in [3.8, 4) is 5.75 Å². The number of nitrogens with one attached hydrogen (secondary N) is 1. The average molecular weight is 223 g/mol. The third kappa shape index (κ3) is 2.53. The van der Waals surface area contributed by atoms with E-state index < -0.39 is 0 Å². The van der Waals surface area contributed by atoms with E-state index in [0.29, 0.717) is 29.9 Å². The monoisotopic (exact) mass is 223 g/mol. The lowest BCUT2D eigenvalue weighted by atomic mass is 10.2. The van der Waals surface area contributed by atoms with Gasteiger partial charge in [-0.2, -0.15) is 0 Å². The Morgan fingerprint density at radius 1 is 1.50 bits per heavy atom. The molecule has 0 spiro atoms. The summed E-state index contributed by atoms with van der Waals surface area (Å²) in [5.74, 6) is 0.826. The maximum absolute atomic E-state index is 13.6. The second-order valence-corrected chi connectivity index (χ2v) is 4.43. The first-order valence-corrected chi connectivity index (χ1v) is 5.77. The maximum atomic E-state index is 13.6. The van der Waals surface area contributed by atoms with Gasteiger partial charge in [0.15, 0.2) is 11.6 Å². The zero-order valence-electron chi connectivity index (χ0n) is 9.79. The Labute approximate surface area is 95.8 Å². The van der Waals surface area contributed by atoms with E-state index in [0.717, 1.165) is 0 Å². The fraction of sp³-hybridized carbons (Fsp3) is 0.538. The molecule has 16 heavy (non-hydrogen) atoms. The predicted molar refractivity (Wildman–Crippen MR) is 62.2 cm³/mol. The van der Waals surface area contributed by atoms with Gasteiger partial charge in [0.1, 0.15) is 6.61 Å². The molecule has 0 amide bonds. The van der Waals surface area contributed by atoms with Crippen molar-refractivity contribution in [2.75, 3.05) is 13.7 Å². The van der Waals surface area contributed by atoms with Gasteiger partial charge in [-0.15, -0.1) is 0 Å². The van der Waals surface area contributed by atoms with Gasteiger partial charge in [-0.1, -0.05) is 12.1 Å². The van der Waals surface area contributed by atoms with E-state index in [1.165, 1.54) is 12.8 Å². The summed E-state index contributed by atoms with van der Waals surface area (Å²) in [4.78, 5) is 0. The molecule has 88 valence electrons. The van der Waals surface area contributed by atoms with Gasteiger partial charge in [0.05, 0.1) is 0 Å². The molecule has 1 N–H and O–H groups in total. The number of likely N-dealkylation sites (N-methyl/N-ethyl adjacent to an activating group) is 1. The van der Waals surface area contributed by atoms with E-state index in [1.807, 2.05) is 13.1 Å². The standard InChI is InChI=1S/C13H18FNO/c1-9-4-3-5-12(13(9)14)16-8-11(15-2)10-6-7-10/h3-5,10-11,15H,6-8H2,1-2H3. The largest absolute Gasteiger partial charge is 0.489 e. The summed E-state index contributed by atoms with van der Waals surface area (Å²) in [6, 6.07) is 5.60. The highest BCUT2D eigenvalue weighted by molar-refractivity contribution is 5.30. The minimum atomic E-state index is -0.242. The fourth-order valence-corrected chi connectivity index (χ4v) is 1.87. The molecule has 1 unspecified atom stereocenters. The third-order valence-electron chi connectivity index (χ3n) is 3.14. The summed E-state index contributed by atoms with van der Waals surface area (Å²) in [5.41, 5.74) is 0.630. The van der Waals surface area contributed by atoms with Crippen LogP contribution < -0.4 is 10.1 Å². The second kappa shape index (κ2) is 4.83. The van der Waals surface area contributed by atoms with Crippen LogP contribution in [0.15, 0.2) is 18.2 Å². The Morgan fingerprint density at radius 2 is 2.25 bits per heavy atom. The third-order valence-corrected chi connectivity index (χ3v) is 3.14. The van der Waals surface area contributed by atoms with Crippen LogP contribution in [0.4, 0.5) is 4.39 Å². The highest BCUT2D eigenvalue weighted by atomic mass is 19.1. The van der Waals surface area contributed by atoms with Crippen molar-refractivity contribution in [1.29, 1.82) is 0 Å². The van der Waals surface area contributed by atoms with Crippen molar-refractivity contribution in [2.24, 2.45) is 5.92 Å². The Balaban J connectivity index is 1.95. The molecule has 1 atom stereocenters. The molecule has 1 aliphatic rings. The summed E-state index contributed by atoms with van der Waals surface area (Å²) in [7, 11) is 1.93. The second-order valence-electron chi connectivity index (χ2n) is 4.43. The normalized spacial score (nSPS) is 17.2. The lowest BCUT2D eigenvalue weighted by Crippen LogP contribution is -2.33. The van der Waals surface area contributed by atoms with Gasteiger partial charge >= 0.3 is 0 Å². The van der Waals surface area contributed by atoms with Crippen LogP contribution in [-0.4, -0.2) is 19.7 Å². The molecule has 0 saturated heterocycles. The molecule has 1 fully saturated rings. The fourth-order valence-electron chi connectivity index (χ4n) is 1.87. The van der Waals surface area contributed by atoms with Crippen molar-refractivity contribution in [3.63, 3.8) is 0 Å². The number of benzene rings is 1. The first-order chi connectivity index (χ1) is 7.72. The topological polar surface area (TPSA) is 21.3 Å². The van der Waals surface area contributed by atoms with Crippen molar-refractivity contribution in [2.45, 2.75) is 25.8 Å². The quantitative estimate of drug-likeness (QED) is 0.828. The molecule has 0 heterocycles. The van der Waals surface area contributed by atoms with Gasteiger partial charge in [0.25, 0.3) is 0 Å². The average Bonchev–Trinajstić information content (AvgIpc) is 3.09. The van der Waals surface area contributed by atoms with Crippen LogP contribution in [-0.2, 0) is 0 Å². The molecule has 1 saturated carbocycles. The highest BCUT2D eigenvalue weighted by Crippen LogP contribution is 2.33. The summed E-state index contributed by atoms with van der Waals surface area (Å²) < 4.78 is 19.2. The maximum Gasteiger partial charge on any atom is 0.167 e. The van der Waals surface area contributed by atoms with Gasteiger partial charge in [0, 0.05) is 6.04 Å². The van der Waals surface area contributed by atoms with Crippen molar-refractivity contribution >= 4 is 0 Å². The van der Waals surface area contributed by atoms with Gasteiger partial charge in [-0.25, -0.2) is 4.39 Å². The highest BCUT2D eigenvalue weighted by Gasteiger charge is 2.30. The SMILES string of the molecule is CNC(COc1cccc(C)c1F)C1CC1. The zero-order valence-corrected chi connectivity index (χ0v) is 9.79. The van der Waals surface area contributed by atoms with Crippen LogP contribution in [0.3, 0.4) is 0 Å². The molecule has 0 aromatic heterocycles. The van der Waals surface area contributed by atoms with Gasteiger partial charge in [0.2, 0.25) is 0 Å². The number of ether oxygens (including phenoxy) is 1. The number of rotatable bonds is 5. The zero-order chi connectivity index (χ0) is 11.5. The summed E-state index contributed by atoms with van der Waals surface area (Å²) in [6.07, 6.45) is 2.51. The molecule has 2 rings (SSSR count). The number of hydrogen-bond acceptors (Lipinski definition) is 2. The number of halogens is 1. The smallest absolute Gasteiger partial charge is 0.167 e. The van der Waals surface area contributed by atoms with Crippen molar-refractivity contribution in [1.82, 2.24) is 5.32 Å². The van der Waals surface area contributed by atoms with Gasteiger partial charge in [-0.3, -0.25) is 0 Å². The Bertz CT molecular complexity index is 363. The first-order valence-electron chi connectivity index (χ1n) is 5.77. The van der Waals surface area contributed by atoms with E-state index in [4.69, 9.17) is 4.74 Å². The van der Waals surface area contributed by atoms with Crippen LogP contribution in [0, 0.1) is 18.7 Å². The summed E-state index contributed by atoms with van der Waals surface area (Å²) in [6.45, 7) is 2.29. The molecule has 1 aliphatic carbocycles. The molecular weight excluding hydrogens is 205 g/mol. The molecule has 2 nitrogen and oxygen atoms in total. The Kier molecular flexibility index (Phi) is 3.44. The molecule has 0 aliphatic heterocycles. The van der Waals surface area contributed by atoms with E-state index in [-0.39, 0.29) is 5.82 Å². The minimum absolute atomic E-state index is 0.242. The Hall–Kier alpha value is -1.09. The van der Waals surface area contributed by atoms with Crippen LogP contribution >= 0.6 is 0 Å². The molecule has 0 bridgehead atoms. The first kappa shape index (κ1) is 11.4. The molecular formula is C13H18FNO. The lowest BCUT2D eigenvalue weighted by Gasteiger charge is -2.16. The minimum Gasteiger partial charge on any atom is -0.489 e. The van der Waals surface area contributed by atoms with Crippen molar-refractivity contribution in [3.05, 3.63) is 29.6 Å². The predicted octanol–water partition coefficient (Wildman–Crippen LogP) is 2.51. The van der Waals surface area contributed by atoms with Crippen LogP contribution in [0.2, 0.25) is 0 Å². The number of aryl methyl sites for hydroxylation is 1. The lowest BCUT2D eigenvalue weighted by molar-refractivity contribution is 0.246. The van der Waals surface area contributed by atoms with E-state index >= 15 is 0 Å².